The van der Waals surface area contributed by atoms with Gasteiger partial charge in [-0.05, 0) is 27.7 Å². The van der Waals surface area contributed by atoms with E-state index in [1.807, 2.05) is 24.3 Å². The predicted molar refractivity (Wildman–Crippen MR) is 98.6 cm³/mol. The summed E-state index contributed by atoms with van der Waals surface area (Å²) in [5, 5.41) is 25.4. The van der Waals surface area contributed by atoms with Gasteiger partial charge in [-0.1, -0.05) is 60.7 Å². The van der Waals surface area contributed by atoms with Crippen LogP contribution in [0.15, 0.2) is 71.1 Å². The number of hydrogen-bond donors (Lipinski definition) is 2. The van der Waals surface area contributed by atoms with Crippen molar-refractivity contribution < 1.29 is 14.5 Å². The second-order valence-electron chi connectivity index (χ2n) is 6.03. The highest BCUT2D eigenvalue weighted by atomic mass is 16.4. The maximum Gasteiger partial charge on any atom is 0.488 e. The van der Waals surface area contributed by atoms with Crippen LogP contribution < -0.4 is 5.46 Å². The first-order valence-electron chi connectivity index (χ1n) is 7.86. The Labute approximate surface area is 137 Å². The quantitative estimate of drug-likeness (QED) is 0.367. The van der Waals surface area contributed by atoms with E-state index >= 15 is 0 Å². The summed E-state index contributed by atoms with van der Waals surface area (Å²) in [5.74, 6) is 0. The van der Waals surface area contributed by atoms with E-state index < -0.39 is 7.12 Å². The molecule has 0 radical (unpaired) electrons. The van der Waals surface area contributed by atoms with Gasteiger partial charge in [0.2, 0.25) is 0 Å². The van der Waals surface area contributed by atoms with Crippen molar-refractivity contribution in [1.29, 1.82) is 0 Å². The Morgan fingerprint density at radius 3 is 2.00 bits per heavy atom. The van der Waals surface area contributed by atoms with Crippen molar-refractivity contribution in [3.05, 3.63) is 66.7 Å². The van der Waals surface area contributed by atoms with Gasteiger partial charge in [0.25, 0.3) is 0 Å². The van der Waals surface area contributed by atoms with Crippen molar-refractivity contribution in [3.63, 3.8) is 0 Å². The van der Waals surface area contributed by atoms with Crippen LogP contribution in [-0.4, -0.2) is 17.2 Å². The Morgan fingerprint density at radius 1 is 0.667 bits per heavy atom. The fraction of sp³-hybridized carbons (Fsp3) is 0. The lowest BCUT2D eigenvalue weighted by Crippen LogP contribution is -2.29. The third kappa shape index (κ3) is 1.75. The summed E-state index contributed by atoms with van der Waals surface area (Å²) in [6, 6.07) is 21.7. The molecule has 24 heavy (non-hydrogen) atoms. The van der Waals surface area contributed by atoms with E-state index in [-0.39, 0.29) is 0 Å². The van der Waals surface area contributed by atoms with E-state index in [2.05, 4.69) is 24.3 Å². The third-order valence-corrected chi connectivity index (χ3v) is 4.67. The highest BCUT2D eigenvalue weighted by Crippen LogP contribution is 2.40. The third-order valence-electron chi connectivity index (χ3n) is 4.67. The molecule has 0 aliphatic carbocycles. The lowest BCUT2D eigenvalue weighted by molar-refractivity contribution is 0.426. The van der Waals surface area contributed by atoms with E-state index in [0.29, 0.717) is 5.46 Å². The monoisotopic (exact) mass is 312 g/mol. The normalized spacial score (nSPS) is 11.8. The SMILES string of the molecule is OB(O)c1ccc2oc3c4ccccc4c4ccccc4c3c2c1. The molecular formula is C20H13BO3. The smallest absolute Gasteiger partial charge is 0.455 e. The van der Waals surface area contributed by atoms with Gasteiger partial charge in [0.1, 0.15) is 11.2 Å². The first-order chi connectivity index (χ1) is 11.7. The van der Waals surface area contributed by atoms with Crippen LogP contribution in [0.4, 0.5) is 0 Å². The molecule has 1 aromatic heterocycles. The van der Waals surface area contributed by atoms with Crippen LogP contribution in [0.2, 0.25) is 0 Å². The maximum absolute atomic E-state index is 9.50. The summed E-state index contributed by atoms with van der Waals surface area (Å²) >= 11 is 0. The lowest BCUT2D eigenvalue weighted by Gasteiger charge is -2.06. The molecule has 0 atom stereocenters. The lowest BCUT2D eigenvalue weighted by atomic mass is 9.79. The molecule has 0 bridgehead atoms. The Hall–Kier alpha value is -2.82. The zero-order valence-corrected chi connectivity index (χ0v) is 12.7. The average Bonchev–Trinajstić information content (AvgIpc) is 3.01. The zero-order chi connectivity index (χ0) is 16.3. The molecule has 4 aromatic carbocycles. The van der Waals surface area contributed by atoms with Crippen LogP contribution >= 0.6 is 0 Å². The molecule has 0 saturated carbocycles. The van der Waals surface area contributed by atoms with Crippen molar-refractivity contribution in [1.82, 2.24) is 0 Å². The molecule has 5 aromatic rings. The highest BCUT2D eigenvalue weighted by Gasteiger charge is 2.18. The predicted octanol–water partition coefficient (Wildman–Crippen LogP) is 3.57. The number of fused-ring (bicyclic) bond motifs is 8. The maximum atomic E-state index is 9.50. The molecule has 0 aliphatic rings. The molecule has 0 amide bonds. The van der Waals surface area contributed by atoms with Gasteiger partial charge >= 0.3 is 7.12 Å². The first kappa shape index (κ1) is 13.6. The molecule has 2 N–H and O–H groups in total. The van der Waals surface area contributed by atoms with Crippen LogP contribution in [-0.2, 0) is 0 Å². The summed E-state index contributed by atoms with van der Waals surface area (Å²) in [7, 11) is -1.49. The largest absolute Gasteiger partial charge is 0.488 e. The van der Waals surface area contributed by atoms with E-state index in [1.54, 1.807) is 18.2 Å². The van der Waals surface area contributed by atoms with Gasteiger partial charge < -0.3 is 14.5 Å². The summed E-state index contributed by atoms with van der Waals surface area (Å²) in [6.07, 6.45) is 0. The van der Waals surface area contributed by atoms with E-state index in [4.69, 9.17) is 4.42 Å². The molecule has 3 nitrogen and oxygen atoms in total. The van der Waals surface area contributed by atoms with E-state index in [1.165, 1.54) is 5.39 Å². The van der Waals surface area contributed by atoms with Crippen molar-refractivity contribution in [3.8, 4) is 0 Å². The van der Waals surface area contributed by atoms with Gasteiger partial charge in [0.05, 0.1) is 0 Å². The second kappa shape index (κ2) is 4.84. The van der Waals surface area contributed by atoms with Crippen LogP contribution in [0.1, 0.15) is 0 Å². The zero-order valence-electron chi connectivity index (χ0n) is 12.7. The Kier molecular flexibility index (Phi) is 2.74. The average molecular weight is 312 g/mol. The summed E-state index contributed by atoms with van der Waals surface area (Å²) in [4.78, 5) is 0. The number of furan rings is 1. The van der Waals surface area contributed by atoms with Crippen LogP contribution in [0.5, 0.6) is 0 Å². The second-order valence-corrected chi connectivity index (χ2v) is 6.03. The molecule has 0 unspecified atom stereocenters. The summed E-state index contributed by atoms with van der Waals surface area (Å²) < 4.78 is 6.15. The number of rotatable bonds is 1. The Bertz CT molecular complexity index is 1240. The molecule has 5 rings (SSSR count). The Morgan fingerprint density at radius 2 is 1.29 bits per heavy atom. The summed E-state index contributed by atoms with van der Waals surface area (Å²) in [6.45, 7) is 0. The molecule has 0 fully saturated rings. The van der Waals surface area contributed by atoms with Crippen LogP contribution in [0, 0.1) is 0 Å². The standard InChI is InChI=1S/C20H13BO3/c22-21(23)12-9-10-18-17(11-12)19-15-7-3-1-5-13(15)14-6-2-4-8-16(14)20(19)24-18/h1-11,22-23H. The topological polar surface area (TPSA) is 53.6 Å². The fourth-order valence-electron chi connectivity index (χ4n) is 3.58. The fourth-order valence-corrected chi connectivity index (χ4v) is 3.58. The van der Waals surface area contributed by atoms with Crippen molar-refractivity contribution in [2.45, 2.75) is 0 Å². The van der Waals surface area contributed by atoms with Crippen molar-refractivity contribution in [2.24, 2.45) is 0 Å². The van der Waals surface area contributed by atoms with Crippen molar-refractivity contribution >= 4 is 56.1 Å². The van der Waals surface area contributed by atoms with Crippen molar-refractivity contribution in [2.75, 3.05) is 0 Å². The molecule has 114 valence electrons. The van der Waals surface area contributed by atoms with Gasteiger partial charge in [-0.2, -0.15) is 0 Å². The summed E-state index contributed by atoms with van der Waals surface area (Å²) in [5.41, 5.74) is 2.04. The molecule has 0 aliphatic heterocycles. The van der Waals surface area contributed by atoms with Gasteiger partial charge in [-0.25, -0.2) is 0 Å². The van der Waals surface area contributed by atoms with Gasteiger partial charge in [-0.15, -0.1) is 0 Å². The molecule has 1 heterocycles. The number of benzene rings is 4. The van der Waals surface area contributed by atoms with Gasteiger partial charge in [-0.3, -0.25) is 0 Å². The highest BCUT2D eigenvalue weighted by molar-refractivity contribution is 6.59. The Balaban J connectivity index is 2.11. The first-order valence-corrected chi connectivity index (χ1v) is 7.86. The molecule has 0 saturated heterocycles. The minimum atomic E-state index is -1.49. The van der Waals surface area contributed by atoms with Crippen LogP contribution in [0.3, 0.4) is 0 Å². The van der Waals surface area contributed by atoms with E-state index in [9.17, 15) is 10.0 Å². The van der Waals surface area contributed by atoms with Gasteiger partial charge in [0.15, 0.2) is 0 Å². The minimum absolute atomic E-state index is 0.461. The minimum Gasteiger partial charge on any atom is -0.455 e. The van der Waals surface area contributed by atoms with Crippen LogP contribution in [0.25, 0.3) is 43.5 Å². The molecule has 4 heteroatoms. The van der Waals surface area contributed by atoms with Gasteiger partial charge in [0, 0.05) is 16.2 Å². The number of hydrogen-bond acceptors (Lipinski definition) is 3. The van der Waals surface area contributed by atoms with E-state index in [0.717, 1.165) is 38.1 Å². The molecule has 0 spiro atoms. The molecular weight excluding hydrogens is 299 g/mol.